The number of alkyl halides is 1. The first kappa shape index (κ1) is 16.2. The number of halogens is 1. The average Bonchev–Trinajstić information content (AvgIpc) is 2.16. The third-order valence-corrected chi connectivity index (χ3v) is 2.32. The molecule has 0 radical (unpaired) electrons. The SMILES string of the molecule is C=C(/C=C\C)OC1CC([18F])C1.COC(C)(C)C. The number of hydrogen-bond donors (Lipinski definition) is 0. The van der Waals surface area contributed by atoms with E-state index in [1.807, 2.05) is 33.8 Å². The van der Waals surface area contributed by atoms with E-state index in [1.165, 1.54) is 0 Å². The molecule has 100 valence electrons. The van der Waals surface area contributed by atoms with Gasteiger partial charge in [-0.2, -0.15) is 0 Å². The van der Waals surface area contributed by atoms with E-state index in [0.29, 0.717) is 18.6 Å². The molecule has 1 fully saturated rings. The van der Waals surface area contributed by atoms with Gasteiger partial charge in [0.05, 0.1) is 5.60 Å². The van der Waals surface area contributed by atoms with Gasteiger partial charge >= 0.3 is 0 Å². The van der Waals surface area contributed by atoms with Gasteiger partial charge in [-0.25, -0.2) is 4.39 Å². The van der Waals surface area contributed by atoms with Gasteiger partial charge in [-0.3, -0.25) is 0 Å². The van der Waals surface area contributed by atoms with Crippen LogP contribution in [0.15, 0.2) is 24.5 Å². The van der Waals surface area contributed by atoms with Crippen molar-refractivity contribution in [3.05, 3.63) is 24.5 Å². The Morgan fingerprint density at radius 3 is 2.12 bits per heavy atom. The quantitative estimate of drug-likeness (QED) is 0.550. The minimum Gasteiger partial charge on any atom is -0.491 e. The zero-order valence-corrected chi connectivity index (χ0v) is 11.6. The molecule has 0 bridgehead atoms. The fraction of sp³-hybridized carbons (Fsp3) is 0.714. The normalized spacial score (nSPS) is 23.6. The van der Waals surface area contributed by atoms with Crippen LogP contribution in [0.2, 0.25) is 0 Å². The highest BCUT2D eigenvalue weighted by Crippen LogP contribution is 2.27. The lowest BCUT2D eigenvalue weighted by atomic mass is 9.93. The standard InChI is InChI=1S/C9H13FO.C5H12O/c1-3-4-7(2)11-9-5-8(10)6-9;1-5(2,3)6-4/h3-4,8-9H,2,5-6H2,1H3;1-4H3/b4-3-;/i10-1;. The lowest BCUT2D eigenvalue weighted by Crippen LogP contribution is -2.31. The molecule has 1 aliphatic carbocycles. The molecule has 0 aromatic rings. The monoisotopic (exact) mass is 243 g/mol. The van der Waals surface area contributed by atoms with E-state index in [2.05, 4.69) is 6.58 Å². The summed E-state index contributed by atoms with van der Waals surface area (Å²) in [5.74, 6) is 0.629. The summed E-state index contributed by atoms with van der Waals surface area (Å²) in [6, 6.07) is 0. The third kappa shape index (κ3) is 8.93. The van der Waals surface area contributed by atoms with Crippen LogP contribution in [0.4, 0.5) is 4.39 Å². The molecule has 0 aromatic heterocycles. The molecule has 0 saturated heterocycles. The van der Waals surface area contributed by atoms with Gasteiger partial charge in [0, 0.05) is 20.0 Å². The maximum atomic E-state index is 12.3. The molecule has 0 unspecified atom stereocenters. The molecule has 1 saturated carbocycles. The van der Waals surface area contributed by atoms with Crippen LogP contribution in [-0.4, -0.2) is 25.0 Å². The first-order valence-corrected chi connectivity index (χ1v) is 5.96. The predicted molar refractivity (Wildman–Crippen MR) is 69.7 cm³/mol. The van der Waals surface area contributed by atoms with Crippen molar-refractivity contribution >= 4 is 0 Å². The van der Waals surface area contributed by atoms with E-state index in [0.717, 1.165) is 0 Å². The topological polar surface area (TPSA) is 18.5 Å². The van der Waals surface area contributed by atoms with Crippen LogP contribution in [0.25, 0.3) is 0 Å². The van der Waals surface area contributed by atoms with E-state index < -0.39 is 6.17 Å². The second-order valence-corrected chi connectivity index (χ2v) is 5.09. The van der Waals surface area contributed by atoms with Crippen molar-refractivity contribution in [2.75, 3.05) is 7.11 Å². The Labute approximate surface area is 104 Å². The molecule has 17 heavy (non-hydrogen) atoms. The Morgan fingerprint density at radius 1 is 1.35 bits per heavy atom. The minimum atomic E-state index is -0.654. The molecule has 0 heterocycles. The van der Waals surface area contributed by atoms with Crippen LogP contribution in [0.1, 0.15) is 40.5 Å². The fourth-order valence-electron chi connectivity index (χ4n) is 1.04. The van der Waals surface area contributed by atoms with E-state index in [4.69, 9.17) is 9.47 Å². The van der Waals surface area contributed by atoms with E-state index in [-0.39, 0.29) is 11.7 Å². The van der Waals surface area contributed by atoms with Crippen LogP contribution < -0.4 is 0 Å². The van der Waals surface area contributed by atoms with Crippen LogP contribution in [-0.2, 0) is 9.47 Å². The van der Waals surface area contributed by atoms with E-state index >= 15 is 0 Å². The Balaban J connectivity index is 0.000000366. The Hall–Kier alpha value is -0.830. The molecular weight excluding hydrogens is 218 g/mol. The molecule has 0 N–H and O–H groups in total. The minimum absolute atomic E-state index is 0.0417. The molecular formula is C14H25FO2. The maximum absolute atomic E-state index is 12.3. The molecule has 0 atom stereocenters. The van der Waals surface area contributed by atoms with Crippen LogP contribution in [0.3, 0.4) is 0 Å². The third-order valence-electron chi connectivity index (χ3n) is 2.32. The van der Waals surface area contributed by atoms with Gasteiger partial charge in [-0.15, -0.1) is 0 Å². The number of allylic oxidation sites excluding steroid dienone is 2. The van der Waals surface area contributed by atoms with Crippen LogP contribution in [0, 0.1) is 0 Å². The molecule has 0 amide bonds. The Kier molecular flexibility index (Phi) is 7.12. The predicted octanol–water partition coefficient (Wildman–Crippen LogP) is 4.02. The second-order valence-electron chi connectivity index (χ2n) is 5.09. The maximum Gasteiger partial charge on any atom is 0.112 e. The summed E-state index contributed by atoms with van der Waals surface area (Å²) in [7, 11) is 1.71. The summed E-state index contributed by atoms with van der Waals surface area (Å²) in [6.45, 7) is 11.6. The second kappa shape index (κ2) is 7.49. The van der Waals surface area contributed by atoms with Crippen molar-refractivity contribution in [2.24, 2.45) is 0 Å². The van der Waals surface area contributed by atoms with Gasteiger partial charge in [-0.05, 0) is 33.8 Å². The summed E-state index contributed by atoms with van der Waals surface area (Å²) in [5, 5.41) is 0. The van der Waals surface area contributed by atoms with Crippen molar-refractivity contribution < 1.29 is 13.9 Å². The smallest absolute Gasteiger partial charge is 0.112 e. The molecule has 3 heteroatoms. The highest BCUT2D eigenvalue weighted by atomic mass is 18.2. The lowest BCUT2D eigenvalue weighted by Gasteiger charge is -2.30. The molecule has 1 rings (SSSR count). The molecule has 0 aliphatic heterocycles. The van der Waals surface area contributed by atoms with E-state index in [9.17, 15) is 4.39 Å². The van der Waals surface area contributed by atoms with Crippen molar-refractivity contribution in [1.29, 1.82) is 0 Å². The zero-order chi connectivity index (χ0) is 13.5. The van der Waals surface area contributed by atoms with Crippen LogP contribution >= 0.6 is 0 Å². The first-order chi connectivity index (χ1) is 7.78. The highest BCUT2D eigenvalue weighted by molar-refractivity contribution is 5.07. The van der Waals surface area contributed by atoms with Gasteiger partial charge in [0.1, 0.15) is 18.0 Å². The number of methoxy groups -OCH3 is 1. The first-order valence-electron chi connectivity index (χ1n) is 5.96. The fourth-order valence-corrected chi connectivity index (χ4v) is 1.04. The highest BCUT2D eigenvalue weighted by Gasteiger charge is 2.30. The van der Waals surface area contributed by atoms with E-state index in [1.54, 1.807) is 13.2 Å². The van der Waals surface area contributed by atoms with Gasteiger partial charge < -0.3 is 9.47 Å². The van der Waals surface area contributed by atoms with Gasteiger partial charge in [0.15, 0.2) is 0 Å². The number of rotatable bonds is 3. The largest absolute Gasteiger partial charge is 0.491 e. The Morgan fingerprint density at radius 2 is 1.82 bits per heavy atom. The summed E-state index contributed by atoms with van der Waals surface area (Å²) in [4.78, 5) is 0. The van der Waals surface area contributed by atoms with Gasteiger partial charge in [-0.1, -0.05) is 12.7 Å². The van der Waals surface area contributed by atoms with Crippen molar-refractivity contribution in [3.63, 3.8) is 0 Å². The summed E-state index contributed by atoms with van der Waals surface area (Å²) < 4.78 is 22.5. The number of ether oxygens (including phenoxy) is 2. The summed E-state index contributed by atoms with van der Waals surface area (Å²) >= 11 is 0. The van der Waals surface area contributed by atoms with Gasteiger partial charge in [0.2, 0.25) is 0 Å². The zero-order valence-electron chi connectivity index (χ0n) is 11.6. The van der Waals surface area contributed by atoms with Crippen molar-refractivity contribution in [3.8, 4) is 0 Å². The number of hydrogen-bond acceptors (Lipinski definition) is 2. The summed E-state index contributed by atoms with van der Waals surface area (Å²) in [6.07, 6.45) is 4.10. The molecule has 2 nitrogen and oxygen atoms in total. The molecule has 0 aromatic carbocycles. The molecule has 1 aliphatic rings. The molecule has 0 spiro atoms. The van der Waals surface area contributed by atoms with Gasteiger partial charge in [0.25, 0.3) is 0 Å². The Bertz CT molecular complexity index is 247. The van der Waals surface area contributed by atoms with Crippen molar-refractivity contribution in [1.82, 2.24) is 0 Å². The van der Waals surface area contributed by atoms with Crippen LogP contribution in [0.5, 0.6) is 0 Å². The average molecular weight is 243 g/mol. The summed E-state index contributed by atoms with van der Waals surface area (Å²) in [5.41, 5.74) is 0.0417. The lowest BCUT2D eigenvalue weighted by molar-refractivity contribution is 0.000430. The van der Waals surface area contributed by atoms with Crippen molar-refractivity contribution in [2.45, 2.75) is 58.4 Å².